The summed E-state index contributed by atoms with van der Waals surface area (Å²) in [4.78, 5) is 2.32. The summed E-state index contributed by atoms with van der Waals surface area (Å²) >= 11 is -3.40. The molecule has 0 unspecified atom stereocenters. The fraction of sp³-hybridized carbons (Fsp3) is 0.467. The van der Waals surface area contributed by atoms with E-state index in [0.29, 0.717) is 19.8 Å². The van der Waals surface area contributed by atoms with Gasteiger partial charge < -0.3 is 0 Å². The summed E-state index contributed by atoms with van der Waals surface area (Å²) in [5.74, 6) is 0. The van der Waals surface area contributed by atoms with Crippen molar-refractivity contribution >= 4 is 18.7 Å². The molecular weight excluding hydrogens is 315 g/mol. The normalized spacial score (nSPS) is 30.4. The molecule has 3 heterocycles. The molecule has 108 valence electrons. The molecule has 0 aliphatic carbocycles. The third-order valence-corrected chi connectivity index (χ3v) is 9.70. The van der Waals surface area contributed by atoms with Crippen LogP contribution in [0.15, 0.2) is 30.8 Å². The van der Waals surface area contributed by atoms with Gasteiger partial charge in [0.15, 0.2) is 0 Å². The number of rotatable bonds is 2. The van der Waals surface area contributed by atoms with Gasteiger partial charge in [-0.15, -0.1) is 0 Å². The molecule has 4 rings (SSSR count). The molecule has 0 amide bonds. The third kappa shape index (κ3) is 2.85. The Balaban J connectivity index is 1.87. The van der Waals surface area contributed by atoms with Crippen molar-refractivity contribution in [3.63, 3.8) is 0 Å². The number of benzene rings is 1. The van der Waals surface area contributed by atoms with Gasteiger partial charge in [0.25, 0.3) is 0 Å². The molecule has 1 aromatic rings. The van der Waals surface area contributed by atoms with E-state index in [1.54, 1.807) is 0 Å². The van der Waals surface area contributed by atoms with E-state index in [0.717, 1.165) is 29.6 Å². The molecule has 0 atom stereocenters. The molecule has 3 aliphatic rings. The van der Waals surface area contributed by atoms with Gasteiger partial charge in [-0.3, -0.25) is 0 Å². The summed E-state index contributed by atoms with van der Waals surface area (Å²) in [5.41, 5.74) is 2.31. The fourth-order valence-electron chi connectivity index (χ4n) is 2.58. The van der Waals surface area contributed by atoms with Gasteiger partial charge in [0, 0.05) is 0 Å². The van der Waals surface area contributed by atoms with Gasteiger partial charge in [-0.1, -0.05) is 0 Å². The van der Waals surface area contributed by atoms with E-state index in [9.17, 15) is 0 Å². The molecule has 0 saturated carbocycles. The Kier molecular flexibility index (Phi) is 4.28. The van der Waals surface area contributed by atoms with Crippen LogP contribution < -0.4 is 0 Å². The molecule has 0 radical (unpaired) electrons. The minimum absolute atomic E-state index is 0.672. The first-order valence-corrected chi connectivity index (χ1v) is 10.7. The van der Waals surface area contributed by atoms with Gasteiger partial charge >= 0.3 is 123 Å². The Bertz CT molecular complexity index is 462. The molecule has 0 spiro atoms. The molecular formula is C15H21GeNO3. The van der Waals surface area contributed by atoms with Crippen LogP contribution in [0.25, 0.3) is 4.41 Å². The number of nitrogens with zero attached hydrogens (tertiary/aromatic N) is 1. The summed E-state index contributed by atoms with van der Waals surface area (Å²) in [6, 6.07) is 8.34. The zero-order valence-corrected chi connectivity index (χ0v) is 14.0. The summed E-state index contributed by atoms with van der Waals surface area (Å²) < 4.78 is 19.2. The number of hydrogen-bond acceptors (Lipinski definition) is 4. The second-order valence-electron chi connectivity index (χ2n) is 5.29. The van der Waals surface area contributed by atoms with E-state index in [2.05, 4.69) is 42.7 Å². The summed E-state index contributed by atoms with van der Waals surface area (Å²) in [6.45, 7) is 11.2. The van der Waals surface area contributed by atoms with Crippen molar-refractivity contribution in [2.75, 3.05) is 39.5 Å². The Morgan fingerprint density at radius 3 is 2.00 bits per heavy atom. The van der Waals surface area contributed by atoms with Gasteiger partial charge in [0.2, 0.25) is 0 Å². The quantitative estimate of drug-likeness (QED) is 0.772. The molecule has 0 N–H and O–H groups in total. The average molecular weight is 336 g/mol. The van der Waals surface area contributed by atoms with Crippen molar-refractivity contribution in [1.82, 2.24) is 4.90 Å². The molecule has 0 aromatic heterocycles. The second-order valence-corrected chi connectivity index (χ2v) is 10.7. The number of hydrogen-bond donors (Lipinski definition) is 0. The van der Waals surface area contributed by atoms with Crippen LogP contribution in [0.3, 0.4) is 0 Å². The van der Waals surface area contributed by atoms with Crippen molar-refractivity contribution in [3.8, 4) is 0 Å². The van der Waals surface area contributed by atoms with E-state index in [-0.39, 0.29) is 0 Å². The SMILES string of the molecule is C=[C](c1ccc(C)cc1)[Ge]12[O]CCN(CC[O]1)CC[O]2. The van der Waals surface area contributed by atoms with Gasteiger partial charge in [-0.25, -0.2) is 0 Å². The number of aryl methyl sites for hydroxylation is 1. The first-order chi connectivity index (χ1) is 9.70. The summed E-state index contributed by atoms with van der Waals surface area (Å²) in [7, 11) is 0. The molecule has 5 heteroatoms. The predicted octanol–water partition coefficient (Wildman–Crippen LogP) is 1.87. The van der Waals surface area contributed by atoms with Crippen LogP contribution in [0.4, 0.5) is 0 Å². The molecule has 3 aliphatic heterocycles. The molecule has 3 saturated heterocycles. The first kappa shape index (κ1) is 14.3. The maximum absolute atomic E-state index is 6.09. The van der Waals surface area contributed by atoms with Gasteiger partial charge in [-0.05, 0) is 0 Å². The summed E-state index contributed by atoms with van der Waals surface area (Å²) in [5, 5.41) is 0. The van der Waals surface area contributed by atoms with Crippen molar-refractivity contribution < 1.29 is 11.3 Å². The van der Waals surface area contributed by atoms with Gasteiger partial charge in [0.1, 0.15) is 0 Å². The summed E-state index contributed by atoms with van der Waals surface area (Å²) in [6.07, 6.45) is 0. The van der Waals surface area contributed by atoms with E-state index in [1.165, 1.54) is 5.56 Å². The zero-order valence-electron chi connectivity index (χ0n) is 11.9. The Morgan fingerprint density at radius 2 is 1.50 bits per heavy atom. The van der Waals surface area contributed by atoms with Crippen LogP contribution >= 0.6 is 0 Å². The number of fused-ring (bicyclic) bond motifs is 6. The Hall–Kier alpha value is -0.657. The second kappa shape index (κ2) is 5.99. The van der Waals surface area contributed by atoms with Crippen molar-refractivity contribution in [2.45, 2.75) is 6.92 Å². The molecule has 1 aromatic carbocycles. The van der Waals surface area contributed by atoms with Crippen molar-refractivity contribution in [2.24, 2.45) is 0 Å². The monoisotopic (exact) mass is 337 g/mol. The predicted molar refractivity (Wildman–Crippen MR) is 80.3 cm³/mol. The van der Waals surface area contributed by atoms with Crippen LogP contribution in [0.1, 0.15) is 11.1 Å². The van der Waals surface area contributed by atoms with Crippen LogP contribution in [-0.4, -0.2) is 58.6 Å². The molecule has 3 fully saturated rings. The average Bonchev–Trinajstić information content (AvgIpc) is 2.37. The van der Waals surface area contributed by atoms with Crippen LogP contribution in [-0.2, 0) is 11.3 Å². The Morgan fingerprint density at radius 1 is 1.00 bits per heavy atom. The molecule has 20 heavy (non-hydrogen) atoms. The van der Waals surface area contributed by atoms with E-state index in [1.807, 2.05) is 0 Å². The topological polar surface area (TPSA) is 30.9 Å². The van der Waals surface area contributed by atoms with Crippen LogP contribution in [0, 0.1) is 6.92 Å². The minimum atomic E-state index is -3.40. The van der Waals surface area contributed by atoms with E-state index < -0.39 is 14.3 Å². The van der Waals surface area contributed by atoms with Gasteiger partial charge in [0.05, 0.1) is 0 Å². The zero-order chi connectivity index (χ0) is 14.0. The van der Waals surface area contributed by atoms with Gasteiger partial charge in [-0.2, -0.15) is 0 Å². The van der Waals surface area contributed by atoms with Crippen molar-refractivity contribution in [1.29, 1.82) is 0 Å². The van der Waals surface area contributed by atoms with E-state index in [4.69, 9.17) is 11.3 Å². The molecule has 4 nitrogen and oxygen atoms in total. The molecule has 2 bridgehead atoms. The van der Waals surface area contributed by atoms with Crippen LogP contribution in [0.5, 0.6) is 0 Å². The fourth-order valence-corrected chi connectivity index (χ4v) is 7.56. The third-order valence-electron chi connectivity index (χ3n) is 3.87. The standard InChI is InChI=1S/C15H21GeNO3/c1-13-3-5-15(6-4-13)14(2)16-18-10-7-17(8-11-19-16)9-12-20-16/h3-6H,2,7-12H2,1H3. The van der Waals surface area contributed by atoms with E-state index >= 15 is 0 Å². The van der Waals surface area contributed by atoms with Crippen LogP contribution in [0.2, 0.25) is 0 Å². The Labute approximate surface area is 123 Å². The van der Waals surface area contributed by atoms with Crippen molar-refractivity contribution in [3.05, 3.63) is 42.0 Å². The first-order valence-electron chi connectivity index (χ1n) is 7.10. The maximum atomic E-state index is 6.09.